The minimum Gasteiger partial charge on any atom is -0.487 e. The predicted molar refractivity (Wildman–Crippen MR) is 124 cm³/mol. The smallest absolute Gasteiger partial charge is 0.258 e. The molecule has 4 aromatic rings. The average molecular weight is 447 g/mol. The van der Waals surface area contributed by atoms with Crippen LogP contribution < -0.4 is 10.1 Å². The van der Waals surface area contributed by atoms with E-state index in [1.165, 1.54) is 16.9 Å². The van der Waals surface area contributed by atoms with Gasteiger partial charge in [0.2, 0.25) is 4.96 Å². The second-order valence-corrected chi connectivity index (χ2v) is 9.53. The predicted octanol–water partition coefficient (Wildman–Crippen LogP) is 5.07. The lowest BCUT2D eigenvalue weighted by Crippen LogP contribution is -2.36. The summed E-state index contributed by atoms with van der Waals surface area (Å²) in [6.45, 7) is 7.87. The highest BCUT2D eigenvalue weighted by atomic mass is 32.1. The number of fused-ring (bicyclic) bond motifs is 2. The fourth-order valence-corrected chi connectivity index (χ4v) is 4.81. The van der Waals surface area contributed by atoms with Gasteiger partial charge in [-0.2, -0.15) is 4.98 Å². The molecule has 0 radical (unpaired) electrons. The van der Waals surface area contributed by atoms with Crippen molar-refractivity contribution in [2.24, 2.45) is 0 Å². The van der Waals surface area contributed by atoms with Crippen molar-refractivity contribution in [3.63, 3.8) is 0 Å². The molecule has 3 heterocycles. The van der Waals surface area contributed by atoms with Crippen LogP contribution in [-0.2, 0) is 0 Å². The fraction of sp³-hybridized carbons (Fsp3) is 0.250. The first kappa shape index (κ1) is 20.4. The molecule has 0 atom stereocenters. The number of amides is 1. The Hall–Kier alpha value is -3.52. The fourth-order valence-electron chi connectivity index (χ4n) is 3.99. The lowest BCUT2D eigenvalue weighted by Gasteiger charge is -2.31. The van der Waals surface area contributed by atoms with Gasteiger partial charge >= 0.3 is 0 Å². The minimum atomic E-state index is -0.548. The van der Waals surface area contributed by atoms with Gasteiger partial charge in [0.25, 0.3) is 11.9 Å². The van der Waals surface area contributed by atoms with Crippen molar-refractivity contribution >= 4 is 33.9 Å². The van der Waals surface area contributed by atoms with Crippen LogP contribution in [0.1, 0.15) is 52.1 Å². The third kappa shape index (κ3) is 3.56. The first-order chi connectivity index (χ1) is 15.2. The Balaban J connectivity index is 1.42. The summed E-state index contributed by atoms with van der Waals surface area (Å²) in [4.78, 5) is 30.5. The quantitative estimate of drug-likeness (QED) is 0.475. The molecule has 7 nitrogen and oxygen atoms in total. The van der Waals surface area contributed by atoms with E-state index in [2.05, 4.69) is 47.4 Å². The summed E-state index contributed by atoms with van der Waals surface area (Å²) >= 11 is 1.46. The molecule has 0 aliphatic carbocycles. The molecular formula is C24H22N4O3S. The van der Waals surface area contributed by atoms with Gasteiger partial charge < -0.3 is 4.74 Å². The zero-order valence-corrected chi connectivity index (χ0v) is 19.0. The van der Waals surface area contributed by atoms with Crippen LogP contribution in [0.15, 0.2) is 41.8 Å². The number of hydrogen-bond donors (Lipinski definition) is 1. The van der Waals surface area contributed by atoms with Gasteiger partial charge in [0.15, 0.2) is 5.78 Å². The van der Waals surface area contributed by atoms with Crippen molar-refractivity contribution in [2.45, 2.75) is 39.7 Å². The van der Waals surface area contributed by atoms with E-state index in [1.54, 1.807) is 22.7 Å². The van der Waals surface area contributed by atoms with Crippen molar-refractivity contribution in [3.05, 3.63) is 64.0 Å². The molecule has 0 fully saturated rings. The topological polar surface area (TPSA) is 85.6 Å². The number of carbonyl (C=O) groups is 2. The van der Waals surface area contributed by atoms with Crippen LogP contribution in [0.5, 0.6) is 5.75 Å². The highest BCUT2D eigenvalue weighted by Gasteiger charge is 2.33. The van der Waals surface area contributed by atoms with Gasteiger partial charge in [-0.1, -0.05) is 23.8 Å². The molecule has 5 rings (SSSR count). The molecule has 0 saturated heterocycles. The Labute approximate surface area is 189 Å². The van der Waals surface area contributed by atoms with Gasteiger partial charge in [-0.15, -0.1) is 16.4 Å². The number of ketones is 1. The number of benzene rings is 2. The van der Waals surface area contributed by atoms with Gasteiger partial charge in [0.05, 0.1) is 17.7 Å². The average Bonchev–Trinajstić information content (AvgIpc) is 3.27. The van der Waals surface area contributed by atoms with E-state index in [0.717, 1.165) is 16.8 Å². The molecule has 1 N–H and O–H groups in total. The monoisotopic (exact) mass is 446 g/mol. The van der Waals surface area contributed by atoms with Crippen molar-refractivity contribution in [1.82, 2.24) is 14.6 Å². The maximum absolute atomic E-state index is 12.8. The summed E-state index contributed by atoms with van der Waals surface area (Å²) in [5.41, 5.74) is 4.57. The normalized spacial score (nSPS) is 14.8. The van der Waals surface area contributed by atoms with Crippen molar-refractivity contribution in [3.8, 4) is 17.0 Å². The van der Waals surface area contributed by atoms with Gasteiger partial charge in [-0.3, -0.25) is 14.9 Å². The van der Waals surface area contributed by atoms with Crippen LogP contribution in [0.4, 0.5) is 5.95 Å². The zero-order chi connectivity index (χ0) is 22.6. The Morgan fingerprint density at radius 3 is 2.75 bits per heavy atom. The van der Waals surface area contributed by atoms with Crippen LogP contribution in [0.2, 0.25) is 0 Å². The molecule has 0 unspecified atom stereocenters. The molecule has 8 heteroatoms. The molecule has 1 aliphatic heterocycles. The Morgan fingerprint density at radius 1 is 1.16 bits per heavy atom. The van der Waals surface area contributed by atoms with E-state index in [4.69, 9.17) is 4.74 Å². The zero-order valence-electron chi connectivity index (χ0n) is 18.2. The Bertz CT molecular complexity index is 1400. The summed E-state index contributed by atoms with van der Waals surface area (Å²) in [5, 5.41) is 9.25. The van der Waals surface area contributed by atoms with E-state index < -0.39 is 5.60 Å². The molecular weight excluding hydrogens is 424 g/mol. The third-order valence-corrected chi connectivity index (χ3v) is 6.30. The maximum Gasteiger partial charge on any atom is 0.258 e. The summed E-state index contributed by atoms with van der Waals surface area (Å²) in [6, 6.07) is 11.1. The van der Waals surface area contributed by atoms with Crippen molar-refractivity contribution in [2.75, 3.05) is 5.32 Å². The van der Waals surface area contributed by atoms with E-state index in [9.17, 15) is 9.59 Å². The van der Waals surface area contributed by atoms with E-state index >= 15 is 0 Å². The maximum atomic E-state index is 12.8. The van der Waals surface area contributed by atoms with Gasteiger partial charge in [0, 0.05) is 16.5 Å². The molecule has 0 saturated carbocycles. The lowest BCUT2D eigenvalue weighted by molar-refractivity contribution is 0.0620. The standard InChI is InChI=1S/C24H22N4O3S/c1-13-5-7-16(14(2)9-13)18-12-32-23-26-22(27-28(18)23)25-21(30)15-6-8-20-17(10-15)19(29)11-24(3,4)31-20/h5-10,12H,11H2,1-4H3,(H,25,27,30). The van der Waals surface area contributed by atoms with Crippen LogP contribution in [0, 0.1) is 13.8 Å². The minimum absolute atomic E-state index is 0.0374. The molecule has 1 amide bonds. The number of nitrogens with one attached hydrogen (secondary N) is 1. The molecule has 0 spiro atoms. The number of aryl methyl sites for hydroxylation is 2. The third-order valence-electron chi connectivity index (χ3n) is 5.48. The van der Waals surface area contributed by atoms with Crippen LogP contribution >= 0.6 is 11.3 Å². The molecule has 32 heavy (non-hydrogen) atoms. The van der Waals surface area contributed by atoms with Gasteiger partial charge in [-0.05, 0) is 51.5 Å². The summed E-state index contributed by atoms with van der Waals surface area (Å²) in [6.07, 6.45) is 0.269. The number of carbonyl (C=O) groups excluding carboxylic acids is 2. The summed E-state index contributed by atoms with van der Waals surface area (Å²) < 4.78 is 7.61. The lowest BCUT2D eigenvalue weighted by atomic mass is 9.92. The van der Waals surface area contributed by atoms with E-state index in [1.807, 2.05) is 19.2 Å². The van der Waals surface area contributed by atoms with Gasteiger partial charge in [-0.25, -0.2) is 4.52 Å². The van der Waals surface area contributed by atoms with Crippen LogP contribution in [0.3, 0.4) is 0 Å². The van der Waals surface area contributed by atoms with Crippen molar-refractivity contribution < 1.29 is 14.3 Å². The molecule has 1 aliphatic rings. The number of aromatic nitrogens is 3. The largest absolute Gasteiger partial charge is 0.487 e. The van der Waals surface area contributed by atoms with Gasteiger partial charge in [0.1, 0.15) is 11.4 Å². The SMILES string of the molecule is Cc1ccc(-c2csc3nc(NC(=O)c4ccc5c(c4)C(=O)CC(C)(C)O5)nn23)c(C)c1. The van der Waals surface area contributed by atoms with E-state index in [-0.39, 0.29) is 24.1 Å². The highest BCUT2D eigenvalue weighted by Crippen LogP contribution is 2.34. The van der Waals surface area contributed by atoms with Crippen molar-refractivity contribution in [1.29, 1.82) is 0 Å². The Kier molecular flexibility index (Phi) is 4.63. The van der Waals surface area contributed by atoms with Crippen LogP contribution in [-0.4, -0.2) is 31.9 Å². The first-order valence-corrected chi connectivity index (χ1v) is 11.2. The number of rotatable bonds is 3. The number of ether oxygens (including phenoxy) is 1. The highest BCUT2D eigenvalue weighted by molar-refractivity contribution is 7.15. The molecule has 0 bridgehead atoms. The van der Waals surface area contributed by atoms with Crippen LogP contribution in [0.25, 0.3) is 16.2 Å². The summed E-state index contributed by atoms with van der Waals surface area (Å²) in [5.74, 6) is 0.303. The number of hydrogen-bond acceptors (Lipinski definition) is 6. The second kappa shape index (κ2) is 7.27. The number of nitrogens with zero attached hydrogens (tertiary/aromatic N) is 3. The number of Topliss-reactive ketones (excluding diaryl/α,β-unsaturated/α-hetero) is 1. The molecule has 2 aromatic carbocycles. The molecule has 2 aromatic heterocycles. The summed E-state index contributed by atoms with van der Waals surface area (Å²) in [7, 11) is 0. The second-order valence-electron chi connectivity index (χ2n) is 8.70. The molecule has 162 valence electrons. The number of thiazole rings is 1. The first-order valence-electron chi connectivity index (χ1n) is 10.3. The Morgan fingerprint density at radius 2 is 1.97 bits per heavy atom. The number of anilines is 1. The van der Waals surface area contributed by atoms with E-state index in [0.29, 0.717) is 21.8 Å².